The third-order valence-electron chi connectivity index (χ3n) is 3.05. The van der Waals surface area contributed by atoms with Crippen LogP contribution in [0.25, 0.3) is 0 Å². The Morgan fingerprint density at radius 2 is 2.25 bits per heavy atom. The summed E-state index contributed by atoms with van der Waals surface area (Å²) in [5.41, 5.74) is 2.37. The number of nitrogens with one attached hydrogen (secondary N) is 2. The van der Waals surface area contributed by atoms with Gasteiger partial charge in [-0.25, -0.2) is 4.79 Å². The zero-order valence-electron chi connectivity index (χ0n) is 9.23. The first-order valence-corrected chi connectivity index (χ1v) is 5.47. The lowest BCUT2D eigenvalue weighted by molar-refractivity contribution is 0.188. The van der Waals surface area contributed by atoms with Gasteiger partial charge in [-0.3, -0.25) is 0 Å². The van der Waals surface area contributed by atoms with Crippen LogP contribution in [0.4, 0.5) is 4.79 Å². The number of amides is 1. The summed E-state index contributed by atoms with van der Waals surface area (Å²) in [5, 5.41) is 14.7. The van der Waals surface area contributed by atoms with Gasteiger partial charge in [-0.15, -0.1) is 0 Å². The first-order valence-electron chi connectivity index (χ1n) is 5.47. The molecule has 16 heavy (non-hydrogen) atoms. The predicted molar refractivity (Wildman–Crippen MR) is 61.5 cm³/mol. The maximum Gasteiger partial charge on any atom is 0.404 e. The molecule has 0 spiro atoms. The normalized spacial score (nSPS) is 24.3. The van der Waals surface area contributed by atoms with E-state index in [2.05, 4.69) is 16.7 Å². The highest BCUT2D eigenvalue weighted by Gasteiger charge is 2.29. The van der Waals surface area contributed by atoms with Crippen molar-refractivity contribution >= 4 is 6.09 Å². The van der Waals surface area contributed by atoms with Gasteiger partial charge in [0, 0.05) is 0 Å². The van der Waals surface area contributed by atoms with Crippen LogP contribution < -0.4 is 10.6 Å². The van der Waals surface area contributed by atoms with Crippen LogP contribution in [0.5, 0.6) is 0 Å². The van der Waals surface area contributed by atoms with E-state index in [1.807, 2.05) is 25.1 Å². The number of carboxylic acid groups (broad SMARTS) is 1. The molecule has 1 aromatic carbocycles. The van der Waals surface area contributed by atoms with E-state index in [4.69, 9.17) is 5.11 Å². The van der Waals surface area contributed by atoms with Gasteiger partial charge in [0.25, 0.3) is 0 Å². The Kier molecular flexibility index (Phi) is 3.10. The van der Waals surface area contributed by atoms with Crippen molar-refractivity contribution in [1.29, 1.82) is 0 Å². The zero-order valence-corrected chi connectivity index (χ0v) is 9.23. The van der Waals surface area contributed by atoms with Crippen LogP contribution in [0.1, 0.15) is 23.6 Å². The van der Waals surface area contributed by atoms with Crippen molar-refractivity contribution in [3.05, 3.63) is 35.4 Å². The van der Waals surface area contributed by atoms with E-state index in [1.165, 1.54) is 11.1 Å². The second-order valence-electron chi connectivity index (χ2n) is 4.13. The molecule has 0 bridgehead atoms. The van der Waals surface area contributed by atoms with Crippen molar-refractivity contribution in [3.63, 3.8) is 0 Å². The van der Waals surface area contributed by atoms with Crippen LogP contribution >= 0.6 is 0 Å². The number of aryl methyl sites for hydroxylation is 1. The summed E-state index contributed by atoms with van der Waals surface area (Å²) in [4.78, 5) is 10.7. The number of carbonyl (C=O) groups is 1. The molecule has 2 atom stereocenters. The van der Waals surface area contributed by atoms with Crippen molar-refractivity contribution in [1.82, 2.24) is 10.6 Å². The highest BCUT2D eigenvalue weighted by atomic mass is 16.4. The quantitative estimate of drug-likeness (QED) is 0.710. The average Bonchev–Trinajstić information content (AvgIpc) is 2.66. The molecule has 2 rings (SSSR count). The van der Waals surface area contributed by atoms with Gasteiger partial charge in [-0.05, 0) is 31.0 Å². The van der Waals surface area contributed by atoms with Crippen LogP contribution in [0.3, 0.4) is 0 Å². The van der Waals surface area contributed by atoms with Crippen molar-refractivity contribution in [3.8, 4) is 0 Å². The monoisotopic (exact) mass is 220 g/mol. The van der Waals surface area contributed by atoms with Crippen LogP contribution in [0.15, 0.2) is 24.3 Å². The molecule has 86 valence electrons. The molecular weight excluding hydrogens is 204 g/mol. The lowest BCUT2D eigenvalue weighted by Gasteiger charge is -2.21. The maximum atomic E-state index is 10.7. The summed E-state index contributed by atoms with van der Waals surface area (Å²) in [6.07, 6.45) is -0.113. The number of hydrogen-bond donors (Lipinski definition) is 3. The van der Waals surface area contributed by atoms with Crippen LogP contribution in [-0.4, -0.2) is 23.8 Å². The smallest absolute Gasteiger partial charge is 0.404 e. The summed E-state index contributed by atoms with van der Waals surface area (Å²) in [6, 6.07) is 8.14. The lowest BCUT2D eigenvalue weighted by atomic mass is 9.97. The largest absolute Gasteiger partial charge is 0.465 e. The second kappa shape index (κ2) is 4.53. The Labute approximate surface area is 94.7 Å². The second-order valence-corrected chi connectivity index (χ2v) is 4.13. The molecule has 1 heterocycles. The first-order chi connectivity index (χ1) is 7.68. The highest BCUT2D eigenvalue weighted by molar-refractivity contribution is 5.65. The van der Waals surface area contributed by atoms with Gasteiger partial charge < -0.3 is 15.7 Å². The minimum Gasteiger partial charge on any atom is -0.465 e. The lowest BCUT2D eigenvalue weighted by Crippen LogP contribution is -2.37. The topological polar surface area (TPSA) is 61.4 Å². The molecule has 4 heteroatoms. The van der Waals surface area contributed by atoms with E-state index in [1.54, 1.807) is 0 Å². The van der Waals surface area contributed by atoms with E-state index in [9.17, 15) is 4.79 Å². The van der Waals surface area contributed by atoms with Crippen molar-refractivity contribution < 1.29 is 9.90 Å². The van der Waals surface area contributed by atoms with Crippen LogP contribution in [0, 0.1) is 6.92 Å². The van der Waals surface area contributed by atoms with E-state index in [0.29, 0.717) is 0 Å². The van der Waals surface area contributed by atoms with E-state index < -0.39 is 6.09 Å². The molecule has 1 aliphatic heterocycles. The third-order valence-corrected chi connectivity index (χ3v) is 3.05. The van der Waals surface area contributed by atoms with Gasteiger partial charge in [0.2, 0.25) is 0 Å². The molecular formula is C12H16N2O2. The van der Waals surface area contributed by atoms with Crippen molar-refractivity contribution in [2.45, 2.75) is 25.4 Å². The average molecular weight is 220 g/mol. The molecule has 3 N–H and O–H groups in total. The first kappa shape index (κ1) is 11.0. The van der Waals surface area contributed by atoms with Gasteiger partial charge in [-0.1, -0.05) is 24.3 Å². The summed E-state index contributed by atoms with van der Waals surface area (Å²) >= 11 is 0. The van der Waals surface area contributed by atoms with Crippen molar-refractivity contribution in [2.24, 2.45) is 0 Å². The molecule has 4 nitrogen and oxygen atoms in total. The summed E-state index contributed by atoms with van der Waals surface area (Å²) in [7, 11) is 0. The molecule has 0 radical (unpaired) electrons. The van der Waals surface area contributed by atoms with E-state index in [0.717, 1.165) is 13.0 Å². The Bertz CT molecular complexity index is 392. The van der Waals surface area contributed by atoms with E-state index >= 15 is 0 Å². The molecule has 0 saturated carbocycles. The van der Waals surface area contributed by atoms with Gasteiger partial charge >= 0.3 is 6.09 Å². The molecule has 1 aliphatic rings. The number of hydrogen-bond acceptors (Lipinski definition) is 2. The van der Waals surface area contributed by atoms with Crippen LogP contribution in [-0.2, 0) is 0 Å². The molecule has 0 unspecified atom stereocenters. The molecule has 1 fully saturated rings. The molecule has 1 saturated heterocycles. The summed E-state index contributed by atoms with van der Waals surface area (Å²) < 4.78 is 0. The fourth-order valence-electron chi connectivity index (χ4n) is 2.28. The Balaban J connectivity index is 2.20. The SMILES string of the molecule is Cc1ccccc1[C@@H]1NCC[C@H]1NC(=O)O. The van der Waals surface area contributed by atoms with Gasteiger partial charge in [0.05, 0.1) is 12.1 Å². The number of rotatable bonds is 2. The fraction of sp³-hybridized carbons (Fsp3) is 0.417. The molecule has 0 aliphatic carbocycles. The highest BCUT2D eigenvalue weighted by Crippen LogP contribution is 2.26. The Morgan fingerprint density at radius 3 is 2.94 bits per heavy atom. The minimum atomic E-state index is -0.952. The maximum absolute atomic E-state index is 10.7. The molecule has 1 amide bonds. The Hall–Kier alpha value is -1.55. The summed E-state index contributed by atoms with van der Waals surface area (Å²) in [5.74, 6) is 0. The standard InChI is InChI=1S/C12H16N2O2/c1-8-4-2-3-5-9(8)11-10(6-7-13-11)14-12(15)16/h2-5,10-11,13-14H,6-7H2,1H3,(H,15,16)/t10-,11+/m1/s1. The predicted octanol–water partition coefficient (Wildman–Crippen LogP) is 1.67. The van der Waals surface area contributed by atoms with Crippen LogP contribution in [0.2, 0.25) is 0 Å². The van der Waals surface area contributed by atoms with E-state index in [-0.39, 0.29) is 12.1 Å². The van der Waals surface area contributed by atoms with Crippen molar-refractivity contribution in [2.75, 3.05) is 6.54 Å². The van der Waals surface area contributed by atoms with Gasteiger partial charge in [0.1, 0.15) is 0 Å². The van der Waals surface area contributed by atoms with Gasteiger partial charge in [0.15, 0.2) is 0 Å². The molecule has 1 aromatic rings. The van der Waals surface area contributed by atoms with Gasteiger partial charge in [-0.2, -0.15) is 0 Å². The zero-order chi connectivity index (χ0) is 11.5. The fourth-order valence-corrected chi connectivity index (χ4v) is 2.28. The Morgan fingerprint density at radius 1 is 1.50 bits per heavy atom. The number of benzene rings is 1. The third kappa shape index (κ3) is 2.17. The molecule has 0 aromatic heterocycles. The minimum absolute atomic E-state index is 0.0291. The summed E-state index contributed by atoms with van der Waals surface area (Å²) in [6.45, 7) is 2.90.